The second kappa shape index (κ2) is 5.53. The van der Waals surface area contributed by atoms with E-state index >= 15 is 0 Å². The number of hydrogen-bond acceptors (Lipinski definition) is 3. The Kier molecular flexibility index (Phi) is 5.26. The van der Waals surface area contributed by atoms with Crippen molar-refractivity contribution in [1.82, 2.24) is 4.90 Å². The third-order valence-corrected chi connectivity index (χ3v) is 2.55. The summed E-state index contributed by atoms with van der Waals surface area (Å²) in [5.41, 5.74) is -1.31. The zero-order valence-electron chi connectivity index (χ0n) is 11.3. The van der Waals surface area contributed by atoms with E-state index in [1.807, 2.05) is 34.6 Å². The molecule has 0 heterocycles. The Labute approximate surface area is 98.6 Å². The van der Waals surface area contributed by atoms with Crippen molar-refractivity contribution in [2.75, 3.05) is 13.6 Å². The van der Waals surface area contributed by atoms with Crippen LogP contribution in [0, 0.1) is 0 Å². The first-order valence-electron chi connectivity index (χ1n) is 5.80. The molecule has 1 amide bonds. The van der Waals surface area contributed by atoms with Gasteiger partial charge in [0.25, 0.3) is 0 Å². The fraction of sp³-hybridized carbons (Fsp3) is 0.917. The SMILES string of the molecule is CCC(O)(CC)CN(C)C(=O)OC(C)(C)C. The van der Waals surface area contributed by atoms with Gasteiger partial charge in [-0.15, -0.1) is 0 Å². The molecule has 0 aromatic carbocycles. The maximum Gasteiger partial charge on any atom is 0.410 e. The number of amides is 1. The highest BCUT2D eigenvalue weighted by molar-refractivity contribution is 5.67. The van der Waals surface area contributed by atoms with Crippen molar-refractivity contribution in [1.29, 1.82) is 0 Å². The van der Waals surface area contributed by atoms with Gasteiger partial charge in [-0.3, -0.25) is 0 Å². The first-order valence-corrected chi connectivity index (χ1v) is 5.80. The van der Waals surface area contributed by atoms with Crippen LogP contribution in [0.2, 0.25) is 0 Å². The van der Waals surface area contributed by atoms with Crippen LogP contribution >= 0.6 is 0 Å². The molecule has 0 atom stereocenters. The summed E-state index contributed by atoms with van der Waals surface area (Å²) in [4.78, 5) is 13.1. The quantitative estimate of drug-likeness (QED) is 0.808. The third-order valence-electron chi connectivity index (χ3n) is 2.55. The molecular weight excluding hydrogens is 206 g/mol. The molecule has 0 saturated heterocycles. The van der Waals surface area contributed by atoms with Crippen LogP contribution in [0.5, 0.6) is 0 Å². The highest BCUT2D eigenvalue weighted by atomic mass is 16.6. The molecule has 0 spiro atoms. The lowest BCUT2D eigenvalue weighted by Crippen LogP contribution is -2.44. The van der Waals surface area contributed by atoms with Gasteiger partial charge in [0.05, 0.1) is 12.1 Å². The summed E-state index contributed by atoms with van der Waals surface area (Å²) >= 11 is 0. The smallest absolute Gasteiger partial charge is 0.410 e. The standard InChI is InChI=1S/C12H25NO3/c1-7-12(15,8-2)9-13(6)10(14)16-11(3,4)5/h15H,7-9H2,1-6H3. The Morgan fingerprint density at radius 2 is 1.69 bits per heavy atom. The van der Waals surface area contributed by atoms with Crippen molar-refractivity contribution in [2.45, 2.75) is 58.7 Å². The van der Waals surface area contributed by atoms with Crippen LogP contribution in [0.25, 0.3) is 0 Å². The van der Waals surface area contributed by atoms with Gasteiger partial charge in [-0.1, -0.05) is 13.8 Å². The average molecular weight is 231 g/mol. The van der Waals surface area contributed by atoms with Crippen molar-refractivity contribution in [3.63, 3.8) is 0 Å². The number of carbonyl (C=O) groups is 1. The third kappa shape index (κ3) is 5.35. The zero-order chi connectivity index (χ0) is 13.0. The van der Waals surface area contributed by atoms with Crippen LogP contribution in [-0.2, 0) is 4.74 Å². The fourth-order valence-electron chi connectivity index (χ4n) is 1.32. The number of carbonyl (C=O) groups excluding carboxylic acids is 1. The Hall–Kier alpha value is -0.770. The maximum atomic E-state index is 11.7. The van der Waals surface area contributed by atoms with E-state index in [9.17, 15) is 9.90 Å². The summed E-state index contributed by atoms with van der Waals surface area (Å²) in [5.74, 6) is 0. The molecular formula is C12H25NO3. The highest BCUT2D eigenvalue weighted by Crippen LogP contribution is 2.17. The normalized spacial score (nSPS) is 12.4. The molecule has 0 unspecified atom stereocenters. The van der Waals surface area contributed by atoms with Crippen molar-refractivity contribution < 1.29 is 14.6 Å². The van der Waals surface area contributed by atoms with Gasteiger partial charge in [0, 0.05) is 7.05 Å². The molecule has 0 aliphatic rings. The second-order valence-electron chi connectivity index (χ2n) is 5.27. The molecule has 4 heteroatoms. The largest absolute Gasteiger partial charge is 0.444 e. The van der Waals surface area contributed by atoms with E-state index in [0.29, 0.717) is 19.4 Å². The van der Waals surface area contributed by atoms with E-state index in [1.54, 1.807) is 7.05 Å². The van der Waals surface area contributed by atoms with E-state index in [4.69, 9.17) is 4.74 Å². The molecule has 0 saturated carbocycles. The lowest BCUT2D eigenvalue weighted by molar-refractivity contribution is -0.0156. The van der Waals surface area contributed by atoms with Gasteiger partial charge in [-0.2, -0.15) is 0 Å². The maximum absolute atomic E-state index is 11.7. The van der Waals surface area contributed by atoms with Gasteiger partial charge < -0.3 is 14.7 Å². The van der Waals surface area contributed by atoms with Crippen LogP contribution in [0.4, 0.5) is 4.79 Å². The fourth-order valence-corrected chi connectivity index (χ4v) is 1.32. The lowest BCUT2D eigenvalue weighted by Gasteiger charge is -2.32. The van der Waals surface area contributed by atoms with E-state index < -0.39 is 17.3 Å². The molecule has 0 rings (SSSR count). The second-order valence-corrected chi connectivity index (χ2v) is 5.27. The summed E-state index contributed by atoms with van der Waals surface area (Å²) in [6.07, 6.45) is 0.848. The number of nitrogens with zero attached hydrogens (tertiary/aromatic N) is 1. The molecule has 0 fully saturated rings. The average Bonchev–Trinajstić information content (AvgIpc) is 2.15. The molecule has 0 bridgehead atoms. The van der Waals surface area contributed by atoms with Crippen LogP contribution in [0.1, 0.15) is 47.5 Å². The first-order chi connectivity index (χ1) is 7.13. The molecule has 1 N–H and O–H groups in total. The van der Waals surface area contributed by atoms with Crippen LogP contribution in [-0.4, -0.2) is 40.9 Å². The van der Waals surface area contributed by atoms with E-state index in [0.717, 1.165) is 0 Å². The molecule has 0 aliphatic carbocycles. The summed E-state index contributed by atoms with van der Waals surface area (Å²) in [6.45, 7) is 9.59. The molecule has 16 heavy (non-hydrogen) atoms. The van der Waals surface area contributed by atoms with Gasteiger partial charge in [0.2, 0.25) is 0 Å². The minimum atomic E-state index is -0.814. The molecule has 0 aromatic rings. The summed E-state index contributed by atoms with van der Waals surface area (Å²) in [6, 6.07) is 0. The molecule has 0 radical (unpaired) electrons. The number of rotatable bonds is 4. The Balaban J connectivity index is 4.36. The number of aliphatic hydroxyl groups is 1. The van der Waals surface area contributed by atoms with Gasteiger partial charge in [0.15, 0.2) is 0 Å². The number of likely N-dealkylation sites (N-methyl/N-ethyl adjacent to an activating group) is 1. The topological polar surface area (TPSA) is 49.8 Å². The molecule has 4 nitrogen and oxygen atoms in total. The van der Waals surface area contributed by atoms with Crippen molar-refractivity contribution in [3.05, 3.63) is 0 Å². The Morgan fingerprint density at radius 3 is 2.00 bits per heavy atom. The Morgan fingerprint density at radius 1 is 1.25 bits per heavy atom. The summed E-state index contributed by atoms with van der Waals surface area (Å²) in [5, 5.41) is 10.1. The molecule has 96 valence electrons. The predicted molar refractivity (Wildman–Crippen MR) is 64.4 cm³/mol. The minimum absolute atomic E-state index is 0.301. The molecule has 0 aromatic heterocycles. The van der Waals surface area contributed by atoms with Gasteiger partial charge in [-0.25, -0.2) is 4.79 Å². The lowest BCUT2D eigenvalue weighted by atomic mass is 9.97. The highest BCUT2D eigenvalue weighted by Gasteiger charge is 2.28. The number of ether oxygens (including phenoxy) is 1. The van der Waals surface area contributed by atoms with Crippen molar-refractivity contribution in [2.24, 2.45) is 0 Å². The van der Waals surface area contributed by atoms with Crippen molar-refractivity contribution >= 4 is 6.09 Å². The monoisotopic (exact) mass is 231 g/mol. The zero-order valence-corrected chi connectivity index (χ0v) is 11.3. The van der Waals surface area contributed by atoms with Crippen LogP contribution < -0.4 is 0 Å². The van der Waals surface area contributed by atoms with Gasteiger partial charge in [0.1, 0.15) is 5.60 Å². The number of hydrogen-bond donors (Lipinski definition) is 1. The van der Waals surface area contributed by atoms with Gasteiger partial charge in [-0.05, 0) is 33.6 Å². The van der Waals surface area contributed by atoms with Crippen LogP contribution in [0.3, 0.4) is 0 Å². The summed E-state index contributed by atoms with van der Waals surface area (Å²) < 4.78 is 5.21. The molecule has 0 aliphatic heterocycles. The summed E-state index contributed by atoms with van der Waals surface area (Å²) in [7, 11) is 1.64. The first kappa shape index (κ1) is 15.2. The van der Waals surface area contributed by atoms with E-state index in [2.05, 4.69) is 0 Å². The van der Waals surface area contributed by atoms with Crippen molar-refractivity contribution in [3.8, 4) is 0 Å². The Bertz CT molecular complexity index is 229. The van der Waals surface area contributed by atoms with Gasteiger partial charge >= 0.3 is 6.09 Å². The van der Waals surface area contributed by atoms with E-state index in [-0.39, 0.29) is 0 Å². The minimum Gasteiger partial charge on any atom is -0.444 e. The van der Waals surface area contributed by atoms with Crippen LogP contribution in [0.15, 0.2) is 0 Å². The van der Waals surface area contributed by atoms with E-state index in [1.165, 1.54) is 4.90 Å². The predicted octanol–water partition coefficient (Wildman–Crippen LogP) is 2.40.